The van der Waals surface area contributed by atoms with E-state index >= 15 is 0 Å². The number of carbonyl (C=O) groups excluding carboxylic acids is 2. The second-order valence-corrected chi connectivity index (χ2v) is 9.58. The number of primary amides is 1. The Bertz CT molecular complexity index is 914. The van der Waals surface area contributed by atoms with Gasteiger partial charge in [0.25, 0.3) is 11.8 Å². The van der Waals surface area contributed by atoms with Crippen molar-refractivity contribution < 1.29 is 19.1 Å². The molecule has 156 valence electrons. The molecule has 2 aromatic rings. The van der Waals surface area contributed by atoms with Crippen LogP contribution in [0.15, 0.2) is 24.3 Å². The number of amides is 2. The van der Waals surface area contributed by atoms with E-state index in [2.05, 4.69) is 26.1 Å². The molecular formula is C22H28N2O4S. The van der Waals surface area contributed by atoms with Gasteiger partial charge in [0.15, 0.2) is 18.1 Å². The van der Waals surface area contributed by atoms with Crippen LogP contribution in [0.1, 0.15) is 47.3 Å². The number of benzene rings is 1. The largest absolute Gasteiger partial charge is 0.493 e. The Morgan fingerprint density at radius 2 is 2.00 bits per heavy atom. The van der Waals surface area contributed by atoms with Gasteiger partial charge in [0.2, 0.25) is 0 Å². The van der Waals surface area contributed by atoms with E-state index in [1.165, 1.54) is 17.6 Å². The number of nitrogens with two attached hydrogens (primary N) is 1. The molecule has 1 aromatic heterocycles. The van der Waals surface area contributed by atoms with Gasteiger partial charge >= 0.3 is 0 Å². The van der Waals surface area contributed by atoms with Gasteiger partial charge in [-0.2, -0.15) is 0 Å². The number of carbonyl (C=O) groups is 2. The summed E-state index contributed by atoms with van der Waals surface area (Å²) >= 11 is 1.57. The smallest absolute Gasteiger partial charge is 0.265 e. The lowest BCUT2D eigenvalue weighted by molar-refractivity contribution is -0.119. The highest BCUT2D eigenvalue weighted by Gasteiger charge is 2.30. The van der Waals surface area contributed by atoms with Crippen LogP contribution in [-0.2, 0) is 17.6 Å². The normalized spacial score (nSPS) is 16.1. The van der Waals surface area contributed by atoms with E-state index in [4.69, 9.17) is 15.2 Å². The lowest BCUT2D eigenvalue weighted by Gasteiger charge is -2.33. The van der Waals surface area contributed by atoms with E-state index in [1.807, 2.05) is 6.07 Å². The van der Waals surface area contributed by atoms with E-state index in [-0.39, 0.29) is 17.9 Å². The zero-order chi connectivity index (χ0) is 21.2. The Labute approximate surface area is 175 Å². The molecule has 7 heteroatoms. The van der Waals surface area contributed by atoms with Crippen molar-refractivity contribution >= 4 is 28.8 Å². The number of methoxy groups -OCH3 is 1. The summed E-state index contributed by atoms with van der Waals surface area (Å²) in [6.45, 7) is 6.58. The summed E-state index contributed by atoms with van der Waals surface area (Å²) in [5.74, 6) is 0.709. The Kier molecular flexibility index (Phi) is 6.17. The van der Waals surface area contributed by atoms with Crippen LogP contribution in [-0.4, -0.2) is 25.5 Å². The highest BCUT2D eigenvalue weighted by molar-refractivity contribution is 7.14. The van der Waals surface area contributed by atoms with Gasteiger partial charge in [0.1, 0.15) is 0 Å². The van der Waals surface area contributed by atoms with Crippen LogP contribution in [0.5, 0.6) is 11.5 Å². The van der Waals surface area contributed by atoms with E-state index in [1.54, 1.807) is 29.5 Å². The summed E-state index contributed by atoms with van der Waals surface area (Å²) in [6, 6.07) is 7.07. The second-order valence-electron chi connectivity index (χ2n) is 8.44. The van der Waals surface area contributed by atoms with Crippen molar-refractivity contribution in [2.24, 2.45) is 17.1 Å². The molecule has 1 aliphatic rings. The predicted octanol–water partition coefficient (Wildman–Crippen LogP) is 4.02. The Morgan fingerprint density at radius 3 is 2.66 bits per heavy atom. The number of aryl methyl sites for hydroxylation is 1. The molecule has 1 heterocycles. The van der Waals surface area contributed by atoms with Gasteiger partial charge in [-0.1, -0.05) is 20.8 Å². The quantitative estimate of drug-likeness (QED) is 0.744. The van der Waals surface area contributed by atoms with E-state index in [0.29, 0.717) is 28.0 Å². The summed E-state index contributed by atoms with van der Waals surface area (Å²) in [7, 11) is 1.51. The lowest BCUT2D eigenvalue weighted by Crippen LogP contribution is -2.26. The van der Waals surface area contributed by atoms with E-state index in [0.717, 1.165) is 19.3 Å². The third-order valence-corrected chi connectivity index (χ3v) is 6.56. The first-order chi connectivity index (χ1) is 13.7. The standard InChI is InChI=1S/C22H28N2O4S/c1-22(2,3)14-5-8-18-13(9-14)10-19(29-18)21(26)24-15-6-7-16(27-4)17(11-15)28-12-20(23)25/h6-7,10-11,14H,5,8-9,12H2,1-4H3,(H2,23,25)(H,24,26). The number of ether oxygens (including phenoxy) is 2. The zero-order valence-corrected chi connectivity index (χ0v) is 18.2. The van der Waals surface area contributed by atoms with Gasteiger partial charge in [-0.15, -0.1) is 11.3 Å². The molecule has 0 saturated carbocycles. The fourth-order valence-electron chi connectivity index (χ4n) is 3.58. The molecule has 1 unspecified atom stereocenters. The van der Waals surface area contributed by atoms with Crippen LogP contribution in [0.25, 0.3) is 0 Å². The van der Waals surface area contributed by atoms with Gasteiger partial charge < -0.3 is 20.5 Å². The van der Waals surface area contributed by atoms with Crippen molar-refractivity contribution in [2.75, 3.05) is 19.0 Å². The third kappa shape index (κ3) is 5.09. The average Bonchev–Trinajstić information content (AvgIpc) is 3.09. The highest BCUT2D eigenvalue weighted by Crippen LogP contribution is 2.40. The molecule has 1 aliphatic carbocycles. The fraction of sp³-hybridized carbons (Fsp3) is 0.455. The van der Waals surface area contributed by atoms with Crippen molar-refractivity contribution in [3.63, 3.8) is 0 Å². The molecule has 0 radical (unpaired) electrons. The molecular weight excluding hydrogens is 388 g/mol. The second kappa shape index (κ2) is 8.45. The number of fused-ring (bicyclic) bond motifs is 1. The van der Waals surface area contributed by atoms with Crippen LogP contribution >= 0.6 is 11.3 Å². The van der Waals surface area contributed by atoms with Crippen LogP contribution < -0.4 is 20.5 Å². The fourth-order valence-corrected chi connectivity index (χ4v) is 4.69. The van der Waals surface area contributed by atoms with Crippen LogP contribution in [0, 0.1) is 11.3 Å². The number of thiophene rings is 1. The molecule has 0 saturated heterocycles. The molecule has 6 nitrogen and oxygen atoms in total. The lowest BCUT2D eigenvalue weighted by atomic mass is 9.72. The highest BCUT2D eigenvalue weighted by atomic mass is 32.1. The minimum Gasteiger partial charge on any atom is -0.493 e. The topological polar surface area (TPSA) is 90.7 Å². The van der Waals surface area contributed by atoms with Crippen LogP contribution in [0.2, 0.25) is 0 Å². The minimum atomic E-state index is -0.584. The summed E-state index contributed by atoms with van der Waals surface area (Å²) in [6.07, 6.45) is 3.22. The summed E-state index contributed by atoms with van der Waals surface area (Å²) in [4.78, 5) is 25.8. The SMILES string of the molecule is COc1ccc(NC(=O)c2cc3c(s2)CCC(C(C)(C)C)C3)cc1OCC(N)=O. The minimum absolute atomic E-state index is 0.150. The maximum Gasteiger partial charge on any atom is 0.265 e. The average molecular weight is 417 g/mol. The molecule has 3 rings (SSSR count). The Balaban J connectivity index is 1.73. The molecule has 0 fully saturated rings. The number of hydrogen-bond donors (Lipinski definition) is 2. The maximum absolute atomic E-state index is 12.8. The van der Waals surface area contributed by atoms with Gasteiger partial charge in [-0.05, 0) is 54.4 Å². The maximum atomic E-state index is 12.8. The van der Waals surface area contributed by atoms with Crippen LogP contribution in [0.4, 0.5) is 5.69 Å². The molecule has 0 spiro atoms. The number of anilines is 1. The monoisotopic (exact) mass is 416 g/mol. The molecule has 3 N–H and O–H groups in total. The zero-order valence-electron chi connectivity index (χ0n) is 17.3. The Hall–Kier alpha value is -2.54. The summed E-state index contributed by atoms with van der Waals surface area (Å²) in [5.41, 5.74) is 7.27. The Morgan fingerprint density at radius 1 is 1.24 bits per heavy atom. The molecule has 0 aliphatic heterocycles. The van der Waals surface area contributed by atoms with Gasteiger partial charge in [0, 0.05) is 16.6 Å². The molecule has 2 amide bonds. The first-order valence-electron chi connectivity index (χ1n) is 9.69. The molecule has 0 bridgehead atoms. The van der Waals surface area contributed by atoms with E-state index < -0.39 is 5.91 Å². The van der Waals surface area contributed by atoms with Crippen molar-refractivity contribution in [3.05, 3.63) is 39.6 Å². The van der Waals surface area contributed by atoms with Crippen molar-refractivity contribution in [1.82, 2.24) is 0 Å². The van der Waals surface area contributed by atoms with Crippen molar-refractivity contribution in [1.29, 1.82) is 0 Å². The molecule has 1 atom stereocenters. The first kappa shape index (κ1) is 21.2. The summed E-state index contributed by atoms with van der Waals surface area (Å²) in [5, 5.41) is 2.91. The van der Waals surface area contributed by atoms with Gasteiger partial charge in [-0.3, -0.25) is 9.59 Å². The van der Waals surface area contributed by atoms with Crippen molar-refractivity contribution in [2.45, 2.75) is 40.0 Å². The first-order valence-corrected chi connectivity index (χ1v) is 10.5. The number of hydrogen-bond acceptors (Lipinski definition) is 5. The number of nitrogens with one attached hydrogen (secondary N) is 1. The van der Waals surface area contributed by atoms with E-state index in [9.17, 15) is 9.59 Å². The molecule has 29 heavy (non-hydrogen) atoms. The van der Waals surface area contributed by atoms with Crippen LogP contribution in [0.3, 0.4) is 0 Å². The summed E-state index contributed by atoms with van der Waals surface area (Å²) < 4.78 is 10.6. The predicted molar refractivity (Wildman–Crippen MR) is 115 cm³/mol. The third-order valence-electron chi connectivity index (χ3n) is 5.32. The van der Waals surface area contributed by atoms with Crippen molar-refractivity contribution in [3.8, 4) is 11.5 Å². The molecule has 1 aromatic carbocycles. The number of rotatable bonds is 6. The van der Waals surface area contributed by atoms with Gasteiger partial charge in [-0.25, -0.2) is 0 Å². The van der Waals surface area contributed by atoms with Gasteiger partial charge in [0.05, 0.1) is 12.0 Å².